The molecule has 5 nitrogen and oxygen atoms in total. The fourth-order valence-corrected chi connectivity index (χ4v) is 3.31. The number of halogens is 1. The maximum absolute atomic E-state index is 12.6. The van der Waals surface area contributed by atoms with E-state index in [2.05, 4.69) is 5.32 Å². The fraction of sp³-hybridized carbons (Fsp3) is 0.300. The molecule has 0 aliphatic carbocycles. The maximum atomic E-state index is 12.6. The third kappa shape index (κ3) is 4.55. The van der Waals surface area contributed by atoms with Crippen LogP contribution in [0.2, 0.25) is 5.02 Å². The van der Waals surface area contributed by atoms with Crippen LogP contribution < -0.4 is 5.32 Å². The zero-order chi connectivity index (χ0) is 18.5. The van der Waals surface area contributed by atoms with Crippen molar-refractivity contribution in [2.75, 3.05) is 13.1 Å². The summed E-state index contributed by atoms with van der Waals surface area (Å²) in [7, 11) is 0. The number of hydrogen-bond donors (Lipinski definition) is 2. The van der Waals surface area contributed by atoms with Crippen LogP contribution in [-0.2, 0) is 11.2 Å². The van der Waals surface area contributed by atoms with Gasteiger partial charge in [-0.2, -0.15) is 0 Å². The first-order chi connectivity index (χ1) is 12.5. The summed E-state index contributed by atoms with van der Waals surface area (Å²) in [6, 6.07) is 16.9. The Kier molecular flexibility index (Phi) is 5.78. The molecule has 0 bridgehead atoms. The zero-order valence-corrected chi connectivity index (χ0v) is 15.0. The molecule has 2 N–H and O–H groups in total. The minimum atomic E-state index is -0.846. The van der Waals surface area contributed by atoms with Crippen LogP contribution in [0.15, 0.2) is 54.6 Å². The molecule has 0 saturated carbocycles. The van der Waals surface area contributed by atoms with Crippen molar-refractivity contribution < 1.29 is 14.7 Å². The Balaban J connectivity index is 1.72. The van der Waals surface area contributed by atoms with E-state index in [0.717, 1.165) is 11.1 Å². The van der Waals surface area contributed by atoms with E-state index in [1.54, 1.807) is 4.90 Å². The number of rotatable bonds is 5. The van der Waals surface area contributed by atoms with Gasteiger partial charge in [0.2, 0.25) is 0 Å². The van der Waals surface area contributed by atoms with E-state index in [0.29, 0.717) is 24.4 Å². The molecular weight excluding hydrogens is 352 g/mol. The summed E-state index contributed by atoms with van der Waals surface area (Å²) in [6.07, 6.45) is 1.12. The maximum Gasteiger partial charge on any atom is 0.317 e. The number of carbonyl (C=O) groups excluding carboxylic acids is 1. The molecule has 0 spiro atoms. The average Bonchev–Trinajstić information content (AvgIpc) is 3.14. The molecule has 2 aromatic rings. The van der Waals surface area contributed by atoms with E-state index in [1.807, 2.05) is 54.6 Å². The molecular formula is C20H21ClN2O3. The predicted octanol–water partition coefficient (Wildman–Crippen LogP) is 3.74. The molecule has 1 fully saturated rings. The molecule has 1 heterocycles. The molecule has 26 heavy (non-hydrogen) atoms. The van der Waals surface area contributed by atoms with Gasteiger partial charge in [-0.25, -0.2) is 4.79 Å². The molecule has 2 atom stereocenters. The zero-order valence-electron chi connectivity index (χ0n) is 14.3. The highest BCUT2D eigenvalue weighted by Crippen LogP contribution is 2.22. The number of carbonyl (C=O) groups is 2. The summed E-state index contributed by atoms with van der Waals surface area (Å²) < 4.78 is 0. The normalized spacial score (nSPS) is 17.7. The van der Waals surface area contributed by atoms with Crippen LogP contribution in [0.1, 0.15) is 23.6 Å². The van der Waals surface area contributed by atoms with Gasteiger partial charge in [0.15, 0.2) is 0 Å². The van der Waals surface area contributed by atoms with Gasteiger partial charge in [0, 0.05) is 18.1 Å². The van der Waals surface area contributed by atoms with Crippen LogP contribution in [0.3, 0.4) is 0 Å². The van der Waals surface area contributed by atoms with Crippen LogP contribution in [0.25, 0.3) is 0 Å². The first-order valence-corrected chi connectivity index (χ1v) is 8.98. The molecule has 0 radical (unpaired) electrons. The Morgan fingerprint density at radius 2 is 1.85 bits per heavy atom. The average molecular weight is 373 g/mol. The lowest BCUT2D eigenvalue weighted by atomic mass is 9.99. The lowest BCUT2D eigenvalue weighted by Gasteiger charge is -2.24. The van der Waals surface area contributed by atoms with Gasteiger partial charge < -0.3 is 15.3 Å². The van der Waals surface area contributed by atoms with Crippen molar-refractivity contribution in [1.82, 2.24) is 10.2 Å². The van der Waals surface area contributed by atoms with Crippen LogP contribution in [0.5, 0.6) is 0 Å². The summed E-state index contributed by atoms with van der Waals surface area (Å²) >= 11 is 5.95. The second-order valence-electron chi connectivity index (χ2n) is 6.51. The Hall–Kier alpha value is -2.53. The third-order valence-electron chi connectivity index (χ3n) is 4.68. The summed E-state index contributed by atoms with van der Waals surface area (Å²) in [5, 5.41) is 12.9. The molecule has 2 amide bonds. The Morgan fingerprint density at radius 1 is 1.15 bits per heavy atom. The molecule has 1 aliphatic heterocycles. The Bertz CT molecular complexity index is 764. The van der Waals surface area contributed by atoms with E-state index in [-0.39, 0.29) is 18.6 Å². The summed E-state index contributed by atoms with van der Waals surface area (Å²) in [4.78, 5) is 25.3. The molecule has 0 aromatic heterocycles. The van der Waals surface area contributed by atoms with Crippen molar-refractivity contribution in [3.63, 3.8) is 0 Å². The smallest absolute Gasteiger partial charge is 0.317 e. The van der Waals surface area contributed by atoms with Crippen molar-refractivity contribution in [2.45, 2.75) is 18.9 Å². The molecule has 1 aliphatic rings. The van der Waals surface area contributed by atoms with Crippen molar-refractivity contribution in [3.05, 3.63) is 70.7 Å². The van der Waals surface area contributed by atoms with Gasteiger partial charge in [-0.1, -0.05) is 54.1 Å². The molecule has 6 heteroatoms. The second kappa shape index (κ2) is 8.23. The van der Waals surface area contributed by atoms with Crippen LogP contribution in [0, 0.1) is 5.92 Å². The van der Waals surface area contributed by atoms with Crippen LogP contribution >= 0.6 is 11.6 Å². The summed E-state index contributed by atoms with van der Waals surface area (Å²) in [5.41, 5.74) is 2.07. The highest BCUT2D eigenvalue weighted by molar-refractivity contribution is 6.30. The van der Waals surface area contributed by atoms with Gasteiger partial charge in [0.25, 0.3) is 0 Å². The molecule has 2 aromatic carbocycles. The van der Waals surface area contributed by atoms with Gasteiger partial charge in [-0.3, -0.25) is 4.79 Å². The number of benzene rings is 2. The highest BCUT2D eigenvalue weighted by Gasteiger charge is 2.31. The Labute approximate surface area is 157 Å². The number of urea groups is 1. The molecule has 3 rings (SSSR count). The third-order valence-corrected chi connectivity index (χ3v) is 4.93. The SMILES string of the molecule is O=C(O)C1CCN(C(=O)NC(Cc2ccc(Cl)cc2)c2ccccc2)C1. The molecule has 2 unspecified atom stereocenters. The fourth-order valence-electron chi connectivity index (χ4n) is 3.18. The number of hydrogen-bond acceptors (Lipinski definition) is 2. The van der Waals surface area contributed by atoms with Crippen molar-refractivity contribution in [2.24, 2.45) is 5.92 Å². The van der Waals surface area contributed by atoms with Crippen molar-refractivity contribution >= 4 is 23.6 Å². The lowest BCUT2D eigenvalue weighted by Crippen LogP contribution is -2.41. The van der Waals surface area contributed by atoms with Crippen LogP contribution in [-0.4, -0.2) is 35.1 Å². The number of amides is 2. The first kappa shape index (κ1) is 18.3. The quantitative estimate of drug-likeness (QED) is 0.840. The standard InChI is InChI=1S/C20H21ClN2O3/c21-17-8-6-14(7-9-17)12-18(15-4-2-1-3-5-15)22-20(26)23-11-10-16(13-23)19(24)25/h1-9,16,18H,10-13H2,(H,22,26)(H,24,25). The van der Waals surface area contributed by atoms with E-state index in [4.69, 9.17) is 16.7 Å². The van der Waals surface area contributed by atoms with E-state index in [1.165, 1.54) is 0 Å². The number of carboxylic acid groups (broad SMARTS) is 1. The Morgan fingerprint density at radius 3 is 2.46 bits per heavy atom. The largest absolute Gasteiger partial charge is 0.481 e. The van der Waals surface area contributed by atoms with Gasteiger partial charge in [-0.15, -0.1) is 0 Å². The number of carboxylic acids is 1. The van der Waals surface area contributed by atoms with Gasteiger partial charge in [0.1, 0.15) is 0 Å². The van der Waals surface area contributed by atoms with E-state index < -0.39 is 11.9 Å². The summed E-state index contributed by atoms with van der Waals surface area (Å²) in [5.74, 6) is -1.33. The van der Waals surface area contributed by atoms with E-state index in [9.17, 15) is 9.59 Å². The number of likely N-dealkylation sites (tertiary alicyclic amines) is 1. The summed E-state index contributed by atoms with van der Waals surface area (Å²) in [6.45, 7) is 0.717. The van der Waals surface area contributed by atoms with Crippen LogP contribution in [0.4, 0.5) is 4.79 Å². The predicted molar refractivity (Wildman–Crippen MR) is 100 cm³/mol. The lowest BCUT2D eigenvalue weighted by molar-refractivity contribution is -0.141. The number of nitrogens with one attached hydrogen (secondary N) is 1. The first-order valence-electron chi connectivity index (χ1n) is 8.60. The monoisotopic (exact) mass is 372 g/mol. The van der Waals surface area contributed by atoms with Gasteiger partial charge in [0.05, 0.1) is 12.0 Å². The second-order valence-corrected chi connectivity index (χ2v) is 6.95. The molecule has 1 saturated heterocycles. The number of aliphatic carboxylic acids is 1. The van der Waals surface area contributed by atoms with E-state index >= 15 is 0 Å². The minimum Gasteiger partial charge on any atom is -0.481 e. The van der Waals surface area contributed by atoms with Crippen molar-refractivity contribution in [1.29, 1.82) is 0 Å². The molecule has 136 valence electrons. The highest BCUT2D eigenvalue weighted by atomic mass is 35.5. The van der Waals surface area contributed by atoms with Gasteiger partial charge >= 0.3 is 12.0 Å². The minimum absolute atomic E-state index is 0.200. The van der Waals surface area contributed by atoms with Gasteiger partial charge in [-0.05, 0) is 36.1 Å². The van der Waals surface area contributed by atoms with Crippen molar-refractivity contribution in [3.8, 4) is 0 Å². The number of nitrogens with zero attached hydrogens (tertiary/aromatic N) is 1. The topological polar surface area (TPSA) is 69.6 Å².